The molecule has 0 rings (SSSR count). The van der Waals surface area contributed by atoms with Gasteiger partial charge >= 0.3 is 11.9 Å². The van der Waals surface area contributed by atoms with Crippen molar-refractivity contribution in [3.8, 4) is 0 Å². The molecule has 0 saturated heterocycles. The molecule has 0 aromatic heterocycles. The second-order valence-corrected chi connectivity index (χ2v) is 19.7. The summed E-state index contributed by atoms with van der Waals surface area (Å²) < 4.78 is 10.7. The van der Waals surface area contributed by atoms with Crippen LogP contribution in [0.1, 0.15) is 232 Å². The molecule has 5 nitrogen and oxygen atoms in total. The smallest absolute Gasteiger partial charge is 0.306 e. The van der Waals surface area contributed by atoms with E-state index in [1.165, 1.54) is 51.4 Å². The van der Waals surface area contributed by atoms with Crippen LogP contribution in [0.15, 0.2) is 194 Å². The van der Waals surface area contributed by atoms with E-state index in [1.807, 2.05) is 0 Å². The molecule has 0 fully saturated rings. The summed E-state index contributed by atoms with van der Waals surface area (Å²) >= 11 is 0. The molecule has 1 N–H and O–H groups in total. The largest absolute Gasteiger partial charge is 0.462 e. The Morgan fingerprint density at radius 3 is 0.769 bits per heavy atom. The van der Waals surface area contributed by atoms with Crippen LogP contribution in [0.25, 0.3) is 0 Å². The van der Waals surface area contributed by atoms with Gasteiger partial charge in [-0.2, -0.15) is 0 Å². The van der Waals surface area contributed by atoms with Crippen molar-refractivity contribution in [1.29, 1.82) is 0 Å². The summed E-state index contributed by atoms with van der Waals surface area (Å²) in [4.78, 5) is 24.6. The molecule has 0 aliphatic heterocycles. The van der Waals surface area contributed by atoms with Crippen molar-refractivity contribution in [2.45, 2.75) is 238 Å². The molecule has 0 aliphatic rings. The van der Waals surface area contributed by atoms with Crippen LogP contribution in [-0.4, -0.2) is 36.4 Å². The molecule has 0 heterocycles. The molecule has 0 aromatic rings. The highest BCUT2D eigenvalue weighted by Gasteiger charge is 2.16. The monoisotopic (exact) mass is 1070 g/mol. The van der Waals surface area contributed by atoms with E-state index in [1.54, 1.807) is 0 Å². The van der Waals surface area contributed by atoms with Crippen LogP contribution in [0.4, 0.5) is 0 Å². The molecule has 5 heteroatoms. The van der Waals surface area contributed by atoms with E-state index in [2.05, 4.69) is 208 Å². The third kappa shape index (κ3) is 63.3. The Balaban J connectivity index is 3.67. The van der Waals surface area contributed by atoms with E-state index >= 15 is 0 Å². The van der Waals surface area contributed by atoms with E-state index in [4.69, 9.17) is 9.47 Å². The number of carbonyl (C=O) groups is 2. The van der Waals surface area contributed by atoms with Gasteiger partial charge in [0.2, 0.25) is 0 Å². The summed E-state index contributed by atoms with van der Waals surface area (Å²) in [5.41, 5.74) is 0. The van der Waals surface area contributed by atoms with Crippen LogP contribution in [0.3, 0.4) is 0 Å². The molecule has 434 valence electrons. The lowest BCUT2D eigenvalue weighted by Gasteiger charge is -2.15. The van der Waals surface area contributed by atoms with E-state index in [9.17, 15) is 14.7 Å². The Labute approximate surface area is 479 Å². The van der Waals surface area contributed by atoms with Crippen LogP contribution in [0.2, 0.25) is 0 Å². The molecule has 0 aromatic carbocycles. The average molecular weight is 1070 g/mol. The molecule has 0 amide bonds. The molecule has 0 saturated carbocycles. The second kappa shape index (κ2) is 66.0. The van der Waals surface area contributed by atoms with Gasteiger partial charge in [0.05, 0.1) is 6.61 Å². The number of allylic oxidation sites excluding steroid dienone is 32. The maximum absolute atomic E-state index is 12.3. The lowest BCUT2D eigenvalue weighted by Crippen LogP contribution is -2.28. The fraction of sp³-hybridized carbons (Fsp3) is 0.534. The van der Waals surface area contributed by atoms with Gasteiger partial charge in [-0.15, -0.1) is 0 Å². The minimum absolute atomic E-state index is 0.0911. The number of rotatable bonds is 54. The fourth-order valence-electron chi connectivity index (χ4n) is 7.82. The van der Waals surface area contributed by atoms with E-state index in [0.29, 0.717) is 12.8 Å². The number of hydrogen-bond acceptors (Lipinski definition) is 5. The maximum atomic E-state index is 12.3. The minimum atomic E-state index is -0.804. The van der Waals surface area contributed by atoms with Crippen molar-refractivity contribution in [2.24, 2.45) is 0 Å². The number of ether oxygens (including phenoxy) is 2. The third-order valence-electron chi connectivity index (χ3n) is 12.4. The zero-order valence-corrected chi connectivity index (χ0v) is 49.6. The van der Waals surface area contributed by atoms with Crippen molar-refractivity contribution >= 4 is 11.9 Å². The summed E-state index contributed by atoms with van der Waals surface area (Å²) in [6.45, 7) is 3.88. The Morgan fingerprint density at radius 2 is 0.513 bits per heavy atom. The van der Waals surface area contributed by atoms with Gasteiger partial charge in [-0.05, 0) is 141 Å². The van der Waals surface area contributed by atoms with Crippen molar-refractivity contribution in [3.63, 3.8) is 0 Å². The number of aliphatic hydroxyl groups excluding tert-OH is 1. The number of carbonyl (C=O) groups excluding carboxylic acids is 2. The van der Waals surface area contributed by atoms with Gasteiger partial charge in [-0.1, -0.05) is 272 Å². The van der Waals surface area contributed by atoms with Gasteiger partial charge in [-0.3, -0.25) is 9.59 Å². The summed E-state index contributed by atoms with van der Waals surface area (Å²) in [6.07, 6.45) is 106. The van der Waals surface area contributed by atoms with Crippen molar-refractivity contribution < 1.29 is 24.2 Å². The van der Waals surface area contributed by atoms with Gasteiger partial charge in [-0.25, -0.2) is 0 Å². The topological polar surface area (TPSA) is 72.8 Å². The van der Waals surface area contributed by atoms with Gasteiger partial charge in [0, 0.05) is 12.8 Å². The summed E-state index contributed by atoms with van der Waals surface area (Å²) in [5.74, 6) is -0.638. The SMILES string of the molecule is CC/C=C\C/C=C\C/C=C\C/C=C\C/C=C\C/C=C\C/C=C\C/C=C\C/C=C\C/C=C\C/C=C\C/C=C\CCCCCCC(=O)OC(CO)COC(=O)CCCCCCCCCCCC/C=C\C/C=C\C/C=C\C/C=C\CC. The molecular formula is C73H112O5. The van der Waals surface area contributed by atoms with Gasteiger partial charge in [0.25, 0.3) is 0 Å². The molecule has 0 bridgehead atoms. The van der Waals surface area contributed by atoms with Gasteiger partial charge in [0.15, 0.2) is 6.10 Å². The first kappa shape index (κ1) is 72.7. The fourth-order valence-corrected chi connectivity index (χ4v) is 7.82. The zero-order chi connectivity index (χ0) is 56.2. The Kier molecular flexibility index (Phi) is 61.6. The first-order valence-corrected chi connectivity index (χ1v) is 31.0. The van der Waals surface area contributed by atoms with Gasteiger partial charge < -0.3 is 14.6 Å². The van der Waals surface area contributed by atoms with Crippen LogP contribution in [0, 0.1) is 0 Å². The first-order chi connectivity index (χ1) is 38.6. The van der Waals surface area contributed by atoms with Crippen molar-refractivity contribution in [1.82, 2.24) is 0 Å². The molecular weight excluding hydrogens is 957 g/mol. The second-order valence-electron chi connectivity index (χ2n) is 19.7. The zero-order valence-electron chi connectivity index (χ0n) is 49.6. The van der Waals surface area contributed by atoms with E-state index in [-0.39, 0.29) is 25.2 Å². The molecule has 1 atom stereocenters. The summed E-state index contributed by atoms with van der Waals surface area (Å²) in [5, 5.41) is 9.67. The number of hydrogen-bond donors (Lipinski definition) is 1. The lowest BCUT2D eigenvalue weighted by atomic mass is 10.1. The van der Waals surface area contributed by atoms with E-state index in [0.717, 1.165) is 154 Å². The van der Waals surface area contributed by atoms with Crippen molar-refractivity contribution in [3.05, 3.63) is 194 Å². The number of aliphatic hydroxyl groups is 1. The molecule has 1 unspecified atom stereocenters. The summed E-state index contributed by atoms with van der Waals surface area (Å²) in [7, 11) is 0. The Morgan fingerprint density at radius 1 is 0.295 bits per heavy atom. The van der Waals surface area contributed by atoms with Crippen molar-refractivity contribution in [2.75, 3.05) is 13.2 Å². The predicted molar refractivity (Wildman–Crippen MR) is 342 cm³/mol. The van der Waals surface area contributed by atoms with Crippen LogP contribution in [0.5, 0.6) is 0 Å². The molecule has 78 heavy (non-hydrogen) atoms. The number of esters is 2. The Bertz CT molecular complexity index is 1830. The third-order valence-corrected chi connectivity index (χ3v) is 12.4. The van der Waals surface area contributed by atoms with Crippen LogP contribution < -0.4 is 0 Å². The highest BCUT2D eigenvalue weighted by molar-refractivity contribution is 5.70. The quantitative estimate of drug-likeness (QED) is 0.0373. The minimum Gasteiger partial charge on any atom is -0.462 e. The molecule has 0 spiro atoms. The highest BCUT2D eigenvalue weighted by Crippen LogP contribution is 2.14. The van der Waals surface area contributed by atoms with Crippen LogP contribution in [-0.2, 0) is 19.1 Å². The van der Waals surface area contributed by atoms with Crippen LogP contribution >= 0.6 is 0 Å². The Hall–Kier alpha value is -5.26. The lowest BCUT2D eigenvalue weighted by molar-refractivity contribution is -0.161. The predicted octanol–water partition coefficient (Wildman–Crippen LogP) is 21.6. The maximum Gasteiger partial charge on any atom is 0.306 e. The summed E-state index contributed by atoms with van der Waals surface area (Å²) in [6, 6.07) is 0. The number of unbranched alkanes of at least 4 members (excludes halogenated alkanes) is 14. The molecule has 0 radical (unpaired) electrons. The molecule has 0 aliphatic carbocycles. The normalized spacial score (nSPS) is 13.6. The average Bonchev–Trinajstić information content (AvgIpc) is 3.44. The van der Waals surface area contributed by atoms with E-state index < -0.39 is 6.10 Å². The first-order valence-electron chi connectivity index (χ1n) is 31.0. The highest BCUT2D eigenvalue weighted by atomic mass is 16.6. The standard InChI is InChI=1S/C73H112O5/c1-3-5-7-9-11-13-15-17-19-21-23-25-27-28-29-30-31-32-33-34-35-36-37-38-39-40-41-42-43-44-46-48-50-52-54-56-58-60-62-64-66-68-73(76)78-71(69-74)70-77-72(75)67-65-63-61-59-57-55-53-51-49-47-45-26-24-22-20-18-16-14-12-10-8-6-4-2/h5-8,11-14,17-20,23-26,28-29,31-32,34-35,37-38,40-41,43-44,48,50,54,56,71,74H,3-4,9-10,15-16,21-22,27,30,33,36,39,42,45-47,49,51-53,55,57-70H2,1-2H3/b7-5-,8-6-,13-11-,14-12-,19-17-,20-18-,25-23-,26-24-,29-28-,32-31-,35-34-,38-37-,41-40-,44-43-,50-48-,56-54-. The van der Waals surface area contributed by atoms with Gasteiger partial charge in [0.1, 0.15) is 6.61 Å².